The average Bonchev–Trinajstić information content (AvgIpc) is 3.07. The summed E-state index contributed by atoms with van der Waals surface area (Å²) in [6.45, 7) is 0. The van der Waals surface area contributed by atoms with Crippen molar-refractivity contribution in [3.63, 3.8) is 0 Å². The Bertz CT molecular complexity index is 865. The number of benzene rings is 2. The largest absolute Gasteiger partial charge is 0.497 e. The molecule has 0 amide bonds. The quantitative estimate of drug-likeness (QED) is 0.688. The van der Waals surface area contributed by atoms with Crippen molar-refractivity contribution in [1.29, 1.82) is 0 Å². The molecule has 1 aliphatic rings. The molecule has 0 heterocycles. The van der Waals surface area contributed by atoms with Gasteiger partial charge in [0, 0.05) is 22.3 Å². The van der Waals surface area contributed by atoms with Gasteiger partial charge in [0.15, 0.2) is 5.78 Å². The number of carbonyl (C=O) groups excluding carboxylic acids is 1. The highest BCUT2D eigenvalue weighted by Crippen LogP contribution is 2.34. The van der Waals surface area contributed by atoms with Crippen LogP contribution in [0.3, 0.4) is 0 Å². The van der Waals surface area contributed by atoms with Crippen LogP contribution in [0.1, 0.15) is 24.0 Å². The molecule has 1 fully saturated rings. The summed E-state index contributed by atoms with van der Waals surface area (Å²) in [4.78, 5) is 12.9. The van der Waals surface area contributed by atoms with Gasteiger partial charge < -0.3 is 18.9 Å². The van der Waals surface area contributed by atoms with E-state index in [9.17, 15) is 4.79 Å². The molecule has 5 nitrogen and oxygen atoms in total. The van der Waals surface area contributed by atoms with Crippen LogP contribution in [0.15, 0.2) is 47.5 Å². The van der Waals surface area contributed by atoms with Crippen LogP contribution in [-0.2, 0) is 4.79 Å². The minimum Gasteiger partial charge on any atom is -0.497 e. The second kappa shape index (κ2) is 8.65. The fourth-order valence-corrected chi connectivity index (χ4v) is 3.26. The number of ether oxygens (including phenoxy) is 4. The van der Waals surface area contributed by atoms with E-state index in [1.54, 1.807) is 28.4 Å². The maximum Gasteiger partial charge on any atom is 0.185 e. The molecule has 0 atom stereocenters. The fraction of sp³-hybridized carbons (Fsp3) is 0.261. The first-order valence-corrected chi connectivity index (χ1v) is 8.99. The van der Waals surface area contributed by atoms with Crippen molar-refractivity contribution >= 4 is 17.9 Å². The van der Waals surface area contributed by atoms with Crippen molar-refractivity contribution in [3.8, 4) is 23.0 Å². The minimum absolute atomic E-state index is 0.0368. The van der Waals surface area contributed by atoms with Crippen molar-refractivity contribution in [2.45, 2.75) is 12.8 Å². The third kappa shape index (κ3) is 4.03. The number of carbonyl (C=O) groups is 1. The summed E-state index contributed by atoms with van der Waals surface area (Å²) in [5.41, 5.74) is 3.15. The zero-order valence-electron chi connectivity index (χ0n) is 16.6. The Kier molecular flexibility index (Phi) is 6.04. The average molecular weight is 380 g/mol. The van der Waals surface area contributed by atoms with Gasteiger partial charge in [0.1, 0.15) is 23.0 Å². The van der Waals surface area contributed by atoms with E-state index >= 15 is 0 Å². The molecule has 2 aromatic rings. The standard InChI is InChI=1S/C23H24O5/c1-25-19-7-9-21(27-3)17(13-19)11-15-5-6-16(23(15)24)12-18-14-20(26-2)8-10-22(18)28-4/h7-14H,5-6H2,1-4H3. The molecule has 0 unspecified atom stereocenters. The van der Waals surface area contributed by atoms with E-state index < -0.39 is 0 Å². The zero-order chi connectivity index (χ0) is 20.1. The van der Waals surface area contributed by atoms with Crippen LogP contribution in [-0.4, -0.2) is 34.2 Å². The Morgan fingerprint density at radius 1 is 0.679 bits per heavy atom. The predicted octanol–water partition coefficient (Wildman–Crippen LogP) is 4.55. The topological polar surface area (TPSA) is 54.0 Å². The highest BCUT2D eigenvalue weighted by molar-refractivity contribution is 6.15. The van der Waals surface area contributed by atoms with Crippen molar-refractivity contribution in [1.82, 2.24) is 0 Å². The lowest BCUT2D eigenvalue weighted by atomic mass is 10.1. The summed E-state index contributed by atoms with van der Waals surface area (Å²) < 4.78 is 21.4. The summed E-state index contributed by atoms with van der Waals surface area (Å²) in [6, 6.07) is 11.1. The Balaban J connectivity index is 1.94. The Morgan fingerprint density at radius 3 is 1.46 bits per heavy atom. The molecule has 0 radical (unpaired) electrons. The molecule has 0 aliphatic heterocycles. The first kappa shape index (κ1) is 19.5. The second-order valence-electron chi connectivity index (χ2n) is 6.38. The van der Waals surface area contributed by atoms with Gasteiger partial charge in [0.25, 0.3) is 0 Å². The first-order chi connectivity index (χ1) is 13.6. The van der Waals surface area contributed by atoms with Crippen LogP contribution < -0.4 is 18.9 Å². The van der Waals surface area contributed by atoms with Crippen LogP contribution in [0.2, 0.25) is 0 Å². The molecule has 5 heteroatoms. The summed E-state index contributed by atoms with van der Waals surface area (Å²) >= 11 is 0. The van der Waals surface area contributed by atoms with Gasteiger partial charge in [-0.1, -0.05) is 0 Å². The van der Waals surface area contributed by atoms with E-state index in [0.29, 0.717) is 24.3 Å². The van der Waals surface area contributed by atoms with Crippen LogP contribution in [0.4, 0.5) is 0 Å². The SMILES string of the molecule is COc1ccc(OC)c(C=C2CCC(=Cc3cc(OC)ccc3OC)C2=O)c1. The molecule has 0 N–H and O–H groups in total. The number of rotatable bonds is 6. The van der Waals surface area contributed by atoms with Crippen molar-refractivity contribution in [2.75, 3.05) is 28.4 Å². The van der Waals surface area contributed by atoms with Gasteiger partial charge in [0.2, 0.25) is 0 Å². The lowest BCUT2D eigenvalue weighted by Crippen LogP contribution is -1.97. The Morgan fingerprint density at radius 2 is 1.11 bits per heavy atom. The summed E-state index contributed by atoms with van der Waals surface area (Å²) in [7, 11) is 6.45. The predicted molar refractivity (Wildman–Crippen MR) is 109 cm³/mol. The van der Waals surface area contributed by atoms with Crippen molar-refractivity contribution < 1.29 is 23.7 Å². The van der Waals surface area contributed by atoms with Crippen molar-refractivity contribution in [2.24, 2.45) is 0 Å². The van der Waals surface area contributed by atoms with E-state index in [4.69, 9.17) is 18.9 Å². The Labute approximate surface area is 165 Å². The van der Waals surface area contributed by atoms with Gasteiger partial charge in [-0.25, -0.2) is 0 Å². The normalized spacial score (nSPS) is 16.5. The zero-order valence-corrected chi connectivity index (χ0v) is 16.6. The van der Waals surface area contributed by atoms with Crippen LogP contribution in [0, 0.1) is 0 Å². The third-order valence-electron chi connectivity index (χ3n) is 4.78. The van der Waals surface area contributed by atoms with Gasteiger partial charge in [-0.05, 0) is 61.4 Å². The molecule has 2 aromatic carbocycles. The fourth-order valence-electron chi connectivity index (χ4n) is 3.26. The van der Waals surface area contributed by atoms with Crippen LogP contribution in [0.25, 0.3) is 12.2 Å². The van der Waals surface area contributed by atoms with Crippen molar-refractivity contribution in [3.05, 3.63) is 58.7 Å². The molecule has 1 saturated carbocycles. The highest BCUT2D eigenvalue weighted by atomic mass is 16.5. The molecule has 1 aliphatic carbocycles. The lowest BCUT2D eigenvalue weighted by Gasteiger charge is -2.08. The van der Waals surface area contributed by atoms with Gasteiger partial charge in [0.05, 0.1) is 28.4 Å². The third-order valence-corrected chi connectivity index (χ3v) is 4.78. The molecule has 0 saturated heterocycles. The molecule has 0 aromatic heterocycles. The minimum atomic E-state index is 0.0368. The maximum absolute atomic E-state index is 12.9. The number of methoxy groups -OCH3 is 4. The van der Waals surface area contributed by atoms with E-state index in [1.807, 2.05) is 48.6 Å². The van der Waals surface area contributed by atoms with Crippen LogP contribution >= 0.6 is 0 Å². The molecule has 3 rings (SSSR count). The molecular weight excluding hydrogens is 356 g/mol. The smallest absolute Gasteiger partial charge is 0.185 e. The molecule has 0 bridgehead atoms. The molecule has 0 spiro atoms. The monoisotopic (exact) mass is 380 g/mol. The van der Waals surface area contributed by atoms with Gasteiger partial charge in [-0.15, -0.1) is 0 Å². The van der Waals surface area contributed by atoms with Crippen LogP contribution in [0.5, 0.6) is 23.0 Å². The lowest BCUT2D eigenvalue weighted by molar-refractivity contribution is -0.111. The van der Waals surface area contributed by atoms with E-state index in [1.165, 1.54) is 0 Å². The number of allylic oxidation sites excluding steroid dienone is 2. The first-order valence-electron chi connectivity index (χ1n) is 8.99. The maximum atomic E-state index is 12.9. The Hall–Kier alpha value is -3.21. The number of hydrogen-bond acceptors (Lipinski definition) is 5. The van der Waals surface area contributed by atoms with E-state index in [0.717, 1.165) is 33.8 Å². The number of ketones is 1. The van der Waals surface area contributed by atoms with E-state index in [-0.39, 0.29) is 5.78 Å². The van der Waals surface area contributed by atoms with Gasteiger partial charge >= 0.3 is 0 Å². The van der Waals surface area contributed by atoms with E-state index in [2.05, 4.69) is 0 Å². The summed E-state index contributed by atoms with van der Waals surface area (Å²) in [5, 5.41) is 0. The van der Waals surface area contributed by atoms with Gasteiger partial charge in [-0.3, -0.25) is 4.79 Å². The molecular formula is C23H24O5. The van der Waals surface area contributed by atoms with Gasteiger partial charge in [-0.2, -0.15) is 0 Å². The molecule has 146 valence electrons. The highest BCUT2D eigenvalue weighted by Gasteiger charge is 2.24. The summed E-state index contributed by atoms with van der Waals surface area (Å²) in [5.74, 6) is 2.88. The summed E-state index contributed by atoms with van der Waals surface area (Å²) in [6.07, 6.45) is 5.12. The number of hydrogen-bond donors (Lipinski definition) is 0. The number of Topliss-reactive ketones (excluding diaryl/α,β-unsaturated/α-hetero) is 1. The second-order valence-corrected chi connectivity index (χ2v) is 6.38. The molecule has 28 heavy (non-hydrogen) atoms.